The first-order valence-electron chi connectivity index (χ1n) is 8.56. The lowest BCUT2D eigenvalue weighted by Gasteiger charge is -2.13. The van der Waals surface area contributed by atoms with E-state index in [0.29, 0.717) is 22.5 Å². The van der Waals surface area contributed by atoms with Crippen LogP contribution in [0.1, 0.15) is 5.56 Å². The van der Waals surface area contributed by atoms with Gasteiger partial charge in [-0.3, -0.25) is 29.4 Å². The predicted octanol–water partition coefficient (Wildman–Crippen LogP) is 3.64. The zero-order valence-corrected chi connectivity index (χ0v) is 17.4. The second-order valence-corrected chi connectivity index (χ2v) is 7.54. The molecule has 1 heterocycles. The van der Waals surface area contributed by atoms with Crippen molar-refractivity contribution in [1.82, 2.24) is 4.90 Å². The Morgan fingerprint density at radius 3 is 2.71 bits per heavy atom. The van der Waals surface area contributed by atoms with Crippen LogP contribution in [0.3, 0.4) is 0 Å². The first kappa shape index (κ1) is 22.1. The smallest absolute Gasteiger partial charge is 0.315 e. The minimum Gasteiger partial charge on any atom is -0.500 e. The molecule has 0 saturated carbocycles. The van der Waals surface area contributed by atoms with Crippen molar-refractivity contribution in [2.45, 2.75) is 0 Å². The number of methoxy groups -OCH3 is 1. The van der Waals surface area contributed by atoms with E-state index in [9.17, 15) is 29.6 Å². The van der Waals surface area contributed by atoms with Gasteiger partial charge in [0.15, 0.2) is 5.75 Å². The third kappa shape index (κ3) is 4.78. The molecule has 2 N–H and O–H groups in total. The molecule has 0 spiro atoms. The summed E-state index contributed by atoms with van der Waals surface area (Å²) in [5.74, 6) is -2.19. The first-order chi connectivity index (χ1) is 14.7. The van der Waals surface area contributed by atoms with Crippen LogP contribution in [0.15, 0.2) is 41.3 Å². The summed E-state index contributed by atoms with van der Waals surface area (Å²) in [7, 11) is 1.22. The van der Waals surface area contributed by atoms with Crippen LogP contribution < -0.4 is 10.1 Å². The topological polar surface area (TPSA) is 139 Å². The van der Waals surface area contributed by atoms with Gasteiger partial charge in [-0.25, -0.2) is 0 Å². The maximum atomic E-state index is 12.6. The molecule has 160 valence electrons. The number of imide groups is 1. The van der Waals surface area contributed by atoms with Gasteiger partial charge in [0.25, 0.3) is 11.1 Å². The zero-order valence-electron chi connectivity index (χ0n) is 15.8. The summed E-state index contributed by atoms with van der Waals surface area (Å²) in [6.45, 7) is -0.535. The van der Waals surface area contributed by atoms with Crippen molar-refractivity contribution in [3.63, 3.8) is 0 Å². The molecule has 2 aromatic rings. The van der Waals surface area contributed by atoms with Crippen LogP contribution in [0.5, 0.6) is 11.5 Å². The number of phenols is 1. The van der Waals surface area contributed by atoms with Crippen LogP contribution in [0.2, 0.25) is 5.02 Å². The molecule has 10 nitrogen and oxygen atoms in total. The molecule has 3 amide bonds. The summed E-state index contributed by atoms with van der Waals surface area (Å²) >= 11 is 6.55. The van der Waals surface area contributed by atoms with E-state index in [4.69, 9.17) is 16.3 Å². The number of ether oxygens (including phenoxy) is 1. The number of carbonyl (C=O) groups excluding carboxylic acids is 3. The van der Waals surface area contributed by atoms with Gasteiger partial charge in [0.2, 0.25) is 11.7 Å². The number of hydrogen-bond acceptors (Lipinski definition) is 8. The van der Waals surface area contributed by atoms with Crippen LogP contribution in [0.4, 0.5) is 16.2 Å². The summed E-state index contributed by atoms with van der Waals surface area (Å²) in [6, 6.07) is 8.80. The monoisotopic (exact) mass is 463 g/mol. The van der Waals surface area contributed by atoms with E-state index in [-0.39, 0.29) is 16.2 Å². The molecule has 1 aliphatic heterocycles. The van der Waals surface area contributed by atoms with E-state index in [2.05, 4.69) is 5.32 Å². The Balaban J connectivity index is 1.81. The predicted molar refractivity (Wildman–Crippen MR) is 114 cm³/mol. The average Bonchev–Trinajstić information content (AvgIpc) is 2.98. The molecule has 3 rings (SSSR count). The van der Waals surface area contributed by atoms with Gasteiger partial charge in [0, 0.05) is 6.07 Å². The number of para-hydroxylation sites is 1. The number of aromatic hydroxyl groups is 1. The fourth-order valence-corrected chi connectivity index (χ4v) is 3.70. The lowest BCUT2D eigenvalue weighted by atomic mass is 10.1. The number of nitro groups is 1. The second kappa shape index (κ2) is 9.06. The van der Waals surface area contributed by atoms with Crippen molar-refractivity contribution in [2.24, 2.45) is 0 Å². The van der Waals surface area contributed by atoms with Gasteiger partial charge in [0.1, 0.15) is 6.54 Å². The third-order valence-corrected chi connectivity index (χ3v) is 5.35. The number of halogens is 1. The largest absolute Gasteiger partial charge is 0.500 e. The zero-order chi connectivity index (χ0) is 22.7. The number of hydrogen-bond donors (Lipinski definition) is 2. The molecule has 31 heavy (non-hydrogen) atoms. The van der Waals surface area contributed by atoms with Gasteiger partial charge in [-0.2, -0.15) is 0 Å². The minimum atomic E-state index is -0.806. The Hall–Kier alpha value is -3.57. The Bertz CT molecular complexity index is 1140. The second-order valence-electron chi connectivity index (χ2n) is 6.14. The number of rotatable bonds is 6. The van der Waals surface area contributed by atoms with Crippen molar-refractivity contribution in [3.05, 3.63) is 62.0 Å². The molecule has 0 bridgehead atoms. The van der Waals surface area contributed by atoms with Crippen molar-refractivity contribution in [1.29, 1.82) is 0 Å². The average molecular weight is 464 g/mol. The molecule has 0 radical (unpaired) electrons. The van der Waals surface area contributed by atoms with E-state index in [1.54, 1.807) is 24.3 Å². The number of nitrogens with one attached hydrogen (secondary N) is 1. The Kier molecular flexibility index (Phi) is 6.47. The lowest BCUT2D eigenvalue weighted by Crippen LogP contribution is -2.36. The highest BCUT2D eigenvalue weighted by atomic mass is 35.5. The SMILES string of the molecule is COc1cc(/C=C2/SC(=O)N(CC(=O)Nc3ccccc3Cl)C2=O)cc([N+](=O)[O-])c1O. The van der Waals surface area contributed by atoms with Crippen LogP contribution in [0.25, 0.3) is 6.08 Å². The molecule has 0 atom stereocenters. The maximum Gasteiger partial charge on any atom is 0.315 e. The van der Waals surface area contributed by atoms with Gasteiger partial charge < -0.3 is 15.2 Å². The number of carbonyl (C=O) groups is 3. The van der Waals surface area contributed by atoms with Crippen molar-refractivity contribution in [3.8, 4) is 11.5 Å². The molecule has 2 aromatic carbocycles. The summed E-state index contributed by atoms with van der Waals surface area (Å²) < 4.78 is 4.91. The first-order valence-corrected chi connectivity index (χ1v) is 9.76. The van der Waals surface area contributed by atoms with Gasteiger partial charge in [-0.05, 0) is 41.6 Å². The van der Waals surface area contributed by atoms with Crippen molar-refractivity contribution >= 4 is 57.9 Å². The Labute approximate surface area is 184 Å². The Morgan fingerprint density at radius 2 is 2.06 bits per heavy atom. The Morgan fingerprint density at radius 1 is 1.35 bits per heavy atom. The fourth-order valence-electron chi connectivity index (χ4n) is 2.68. The van der Waals surface area contributed by atoms with Crippen molar-refractivity contribution < 1.29 is 29.2 Å². The number of nitrogens with zero attached hydrogens (tertiary/aromatic N) is 2. The van der Waals surface area contributed by atoms with Crippen LogP contribution in [-0.4, -0.2) is 45.6 Å². The van der Waals surface area contributed by atoms with Gasteiger partial charge >= 0.3 is 5.69 Å². The molecular formula is C19H14ClN3O7S. The molecule has 0 aromatic heterocycles. The highest BCUT2D eigenvalue weighted by Crippen LogP contribution is 2.39. The molecule has 1 aliphatic rings. The van der Waals surface area contributed by atoms with Crippen LogP contribution >= 0.6 is 23.4 Å². The van der Waals surface area contributed by atoms with E-state index >= 15 is 0 Å². The summed E-state index contributed by atoms with van der Waals surface area (Å²) in [6.07, 6.45) is 1.24. The summed E-state index contributed by atoms with van der Waals surface area (Å²) in [5.41, 5.74) is -0.128. The lowest BCUT2D eigenvalue weighted by molar-refractivity contribution is -0.386. The fraction of sp³-hybridized carbons (Fsp3) is 0.105. The number of thioether (sulfide) groups is 1. The molecule has 1 fully saturated rings. The summed E-state index contributed by atoms with van der Waals surface area (Å²) in [4.78, 5) is 48.1. The molecule has 1 saturated heterocycles. The third-order valence-electron chi connectivity index (χ3n) is 4.11. The van der Waals surface area contributed by atoms with Gasteiger partial charge in [-0.1, -0.05) is 23.7 Å². The highest BCUT2D eigenvalue weighted by Gasteiger charge is 2.36. The maximum absolute atomic E-state index is 12.6. The standard InChI is InChI=1S/C19H14ClN3O7S/c1-30-14-7-10(6-13(17(14)25)23(28)29)8-15-18(26)22(19(27)31-15)9-16(24)21-12-5-3-2-4-11(12)20/h2-8,25H,9H2,1H3,(H,21,24)/b15-8+. The number of phenolic OH excluding ortho intramolecular Hbond substituents is 1. The van der Waals surface area contributed by atoms with E-state index in [1.165, 1.54) is 19.3 Å². The van der Waals surface area contributed by atoms with Gasteiger partial charge in [-0.15, -0.1) is 0 Å². The van der Waals surface area contributed by atoms with Crippen molar-refractivity contribution in [2.75, 3.05) is 19.0 Å². The highest BCUT2D eigenvalue weighted by molar-refractivity contribution is 8.18. The molecule has 0 aliphatic carbocycles. The molecular weight excluding hydrogens is 450 g/mol. The number of benzene rings is 2. The van der Waals surface area contributed by atoms with Crippen LogP contribution in [0, 0.1) is 10.1 Å². The molecule has 0 unspecified atom stereocenters. The van der Waals surface area contributed by atoms with Crippen LogP contribution in [-0.2, 0) is 9.59 Å². The quantitative estimate of drug-likeness (QED) is 0.376. The summed E-state index contributed by atoms with van der Waals surface area (Å²) in [5, 5.41) is 23.1. The normalized spacial score (nSPS) is 14.8. The number of amides is 3. The van der Waals surface area contributed by atoms with E-state index in [1.807, 2.05) is 0 Å². The number of nitro benzene ring substituents is 1. The van der Waals surface area contributed by atoms with Gasteiger partial charge in [0.05, 0.1) is 27.6 Å². The number of anilines is 1. The minimum absolute atomic E-state index is 0.0439. The molecule has 12 heteroatoms. The van der Waals surface area contributed by atoms with E-state index in [0.717, 1.165) is 11.0 Å². The van der Waals surface area contributed by atoms with E-state index < -0.39 is 40.0 Å².